The number of pyridine rings is 1. The maximum atomic E-state index is 13.4. The van der Waals surface area contributed by atoms with Crippen LogP contribution in [0.5, 0.6) is 5.88 Å². The molecule has 1 heterocycles. The van der Waals surface area contributed by atoms with E-state index in [4.69, 9.17) is 4.74 Å². The van der Waals surface area contributed by atoms with Gasteiger partial charge >= 0.3 is 0 Å². The van der Waals surface area contributed by atoms with E-state index in [2.05, 4.69) is 24.1 Å². The number of ether oxygens (including phenoxy) is 1. The summed E-state index contributed by atoms with van der Waals surface area (Å²) in [4.78, 5) is 32.6. The molecule has 0 saturated carbocycles. The fourth-order valence-corrected chi connectivity index (χ4v) is 3.99. The van der Waals surface area contributed by atoms with E-state index in [1.807, 2.05) is 36.4 Å². The number of nitrogens with zero attached hydrogens (tertiary/aromatic N) is 2. The molecule has 3 aromatic rings. The Labute approximate surface area is 206 Å². The van der Waals surface area contributed by atoms with Crippen LogP contribution in [0.15, 0.2) is 60.8 Å². The smallest absolute Gasteiger partial charge is 0.253 e. The van der Waals surface area contributed by atoms with Gasteiger partial charge in [0, 0.05) is 37.0 Å². The summed E-state index contributed by atoms with van der Waals surface area (Å²) >= 11 is 0. The van der Waals surface area contributed by atoms with Gasteiger partial charge in [-0.3, -0.25) is 9.59 Å². The van der Waals surface area contributed by atoms with Crippen molar-refractivity contribution in [1.82, 2.24) is 15.2 Å². The van der Waals surface area contributed by atoms with Crippen LogP contribution < -0.4 is 10.1 Å². The van der Waals surface area contributed by atoms with Gasteiger partial charge < -0.3 is 20.1 Å². The molecule has 35 heavy (non-hydrogen) atoms. The number of aliphatic hydroxyl groups is 1. The van der Waals surface area contributed by atoms with E-state index in [1.165, 1.54) is 7.11 Å². The zero-order chi connectivity index (χ0) is 25.5. The Morgan fingerprint density at radius 3 is 2.31 bits per heavy atom. The van der Waals surface area contributed by atoms with Gasteiger partial charge in [-0.1, -0.05) is 44.2 Å². The van der Waals surface area contributed by atoms with E-state index >= 15 is 0 Å². The Kier molecular flexibility index (Phi) is 8.60. The second-order valence-electron chi connectivity index (χ2n) is 8.98. The van der Waals surface area contributed by atoms with E-state index in [9.17, 15) is 14.7 Å². The molecule has 0 aliphatic heterocycles. The summed E-state index contributed by atoms with van der Waals surface area (Å²) in [6.07, 6.45) is 1.56. The molecule has 0 saturated heterocycles. The normalized spacial score (nSPS) is 11.7. The molecule has 184 valence electrons. The number of nitrogens with one attached hydrogen (secondary N) is 1. The van der Waals surface area contributed by atoms with Crippen LogP contribution in [0.25, 0.3) is 11.1 Å². The maximum absolute atomic E-state index is 13.4. The predicted molar refractivity (Wildman–Crippen MR) is 136 cm³/mol. The number of carbonyl (C=O) groups is 2. The van der Waals surface area contributed by atoms with Crippen LogP contribution >= 0.6 is 0 Å². The fraction of sp³-hybridized carbons (Fsp3) is 0.321. The Morgan fingerprint density at radius 1 is 1.06 bits per heavy atom. The van der Waals surface area contributed by atoms with Crippen molar-refractivity contribution in [2.45, 2.75) is 26.8 Å². The summed E-state index contributed by atoms with van der Waals surface area (Å²) in [5.74, 6) is 0.237. The van der Waals surface area contributed by atoms with Crippen LogP contribution in [0, 0.1) is 12.8 Å². The first kappa shape index (κ1) is 25.9. The van der Waals surface area contributed by atoms with Crippen LogP contribution in [0.4, 0.5) is 0 Å². The summed E-state index contributed by atoms with van der Waals surface area (Å²) < 4.78 is 5.09. The van der Waals surface area contributed by atoms with Gasteiger partial charge in [0.1, 0.15) is 0 Å². The highest BCUT2D eigenvalue weighted by Crippen LogP contribution is 2.27. The fourth-order valence-electron chi connectivity index (χ4n) is 3.99. The minimum atomic E-state index is -0.663. The lowest BCUT2D eigenvalue weighted by Gasteiger charge is -2.23. The Balaban J connectivity index is 2.01. The highest BCUT2D eigenvalue weighted by Gasteiger charge is 2.23. The largest absolute Gasteiger partial charge is 0.481 e. The van der Waals surface area contributed by atoms with Crippen molar-refractivity contribution in [1.29, 1.82) is 0 Å². The van der Waals surface area contributed by atoms with Crippen molar-refractivity contribution in [3.63, 3.8) is 0 Å². The van der Waals surface area contributed by atoms with E-state index in [-0.39, 0.29) is 18.4 Å². The lowest BCUT2D eigenvalue weighted by molar-refractivity contribution is 0.0778. The van der Waals surface area contributed by atoms with E-state index < -0.39 is 6.04 Å². The van der Waals surface area contributed by atoms with E-state index in [0.29, 0.717) is 40.6 Å². The first-order chi connectivity index (χ1) is 16.7. The van der Waals surface area contributed by atoms with Gasteiger partial charge in [0.2, 0.25) is 5.88 Å². The molecule has 0 fully saturated rings. The van der Waals surface area contributed by atoms with Gasteiger partial charge in [0.15, 0.2) is 0 Å². The van der Waals surface area contributed by atoms with Crippen LogP contribution in [0.3, 0.4) is 0 Å². The van der Waals surface area contributed by atoms with Crippen molar-refractivity contribution >= 4 is 11.8 Å². The summed E-state index contributed by atoms with van der Waals surface area (Å²) in [6, 6.07) is 16.0. The van der Waals surface area contributed by atoms with Gasteiger partial charge in [-0.15, -0.1) is 0 Å². The molecule has 1 atom stereocenters. The molecule has 0 radical (unpaired) electrons. The zero-order valence-corrected chi connectivity index (χ0v) is 20.9. The van der Waals surface area contributed by atoms with Gasteiger partial charge in [0.25, 0.3) is 11.8 Å². The third kappa shape index (κ3) is 6.25. The summed E-state index contributed by atoms with van der Waals surface area (Å²) in [7, 11) is 3.29. The number of amides is 2. The van der Waals surface area contributed by atoms with E-state index in [1.54, 1.807) is 43.3 Å². The average Bonchev–Trinajstić information content (AvgIpc) is 2.87. The van der Waals surface area contributed by atoms with Crippen molar-refractivity contribution in [3.05, 3.63) is 83.0 Å². The molecule has 7 heteroatoms. The highest BCUT2D eigenvalue weighted by molar-refractivity contribution is 6.03. The minimum Gasteiger partial charge on any atom is -0.481 e. The number of aromatic nitrogens is 1. The number of aliphatic hydroxyl groups excluding tert-OH is 1. The Morgan fingerprint density at radius 2 is 1.74 bits per heavy atom. The first-order valence-electron chi connectivity index (χ1n) is 11.6. The third-order valence-corrected chi connectivity index (χ3v) is 5.83. The van der Waals surface area contributed by atoms with Crippen LogP contribution in [0.2, 0.25) is 0 Å². The number of carbonyl (C=O) groups excluding carboxylic acids is 2. The van der Waals surface area contributed by atoms with Crippen LogP contribution in [-0.2, 0) is 0 Å². The Bertz CT molecular complexity index is 1160. The van der Waals surface area contributed by atoms with Crippen molar-refractivity contribution in [2.75, 3.05) is 27.3 Å². The molecule has 3 rings (SSSR count). The summed E-state index contributed by atoms with van der Waals surface area (Å²) in [6.45, 7) is 6.19. The lowest BCUT2D eigenvalue weighted by atomic mass is 9.93. The SMILES string of the molecule is COc1ccc([C@@H](CO)NC(=O)c2cc(-c3ccccc3)cc(C(=O)N(C)CC(C)C)c2C)cn1. The molecule has 0 aliphatic carbocycles. The lowest BCUT2D eigenvalue weighted by Crippen LogP contribution is -2.33. The monoisotopic (exact) mass is 475 g/mol. The molecule has 0 spiro atoms. The molecule has 2 amide bonds. The van der Waals surface area contributed by atoms with E-state index in [0.717, 1.165) is 11.1 Å². The highest BCUT2D eigenvalue weighted by atomic mass is 16.5. The number of methoxy groups -OCH3 is 1. The Hall–Kier alpha value is -3.71. The molecule has 1 aromatic heterocycles. The van der Waals surface area contributed by atoms with Gasteiger partial charge in [-0.25, -0.2) is 4.98 Å². The van der Waals surface area contributed by atoms with Gasteiger partial charge in [-0.2, -0.15) is 0 Å². The number of benzene rings is 2. The summed E-state index contributed by atoms with van der Waals surface area (Å²) in [5.41, 5.74) is 3.77. The topological polar surface area (TPSA) is 91.8 Å². The van der Waals surface area contributed by atoms with Crippen molar-refractivity contribution in [3.8, 4) is 17.0 Å². The molecule has 2 aromatic carbocycles. The number of hydrogen-bond acceptors (Lipinski definition) is 5. The minimum absolute atomic E-state index is 0.138. The molecular formula is C28H33N3O4. The average molecular weight is 476 g/mol. The molecule has 0 aliphatic rings. The molecular weight excluding hydrogens is 442 g/mol. The van der Waals surface area contributed by atoms with Gasteiger partial charge in [0.05, 0.1) is 19.8 Å². The zero-order valence-electron chi connectivity index (χ0n) is 20.9. The van der Waals surface area contributed by atoms with Crippen LogP contribution in [0.1, 0.15) is 51.7 Å². The number of hydrogen-bond donors (Lipinski definition) is 2. The van der Waals surface area contributed by atoms with Crippen molar-refractivity contribution in [2.24, 2.45) is 5.92 Å². The first-order valence-corrected chi connectivity index (χ1v) is 11.6. The van der Waals surface area contributed by atoms with Gasteiger partial charge in [-0.05, 0) is 53.3 Å². The molecule has 7 nitrogen and oxygen atoms in total. The van der Waals surface area contributed by atoms with Crippen molar-refractivity contribution < 1.29 is 19.4 Å². The molecule has 0 unspecified atom stereocenters. The maximum Gasteiger partial charge on any atom is 0.253 e. The third-order valence-electron chi connectivity index (χ3n) is 5.83. The number of rotatable bonds is 9. The summed E-state index contributed by atoms with van der Waals surface area (Å²) in [5, 5.41) is 12.9. The quantitative estimate of drug-likeness (QED) is 0.483. The second-order valence-corrected chi connectivity index (χ2v) is 8.98. The predicted octanol–water partition coefficient (Wildman–Crippen LogP) is 4.26. The molecule has 0 bridgehead atoms. The second kappa shape index (κ2) is 11.6. The molecule has 2 N–H and O–H groups in total. The van der Waals surface area contributed by atoms with Crippen LogP contribution in [-0.4, -0.2) is 54.1 Å². The standard InChI is InChI=1S/C28H33N3O4/c1-18(2)16-31(4)28(34)24-14-22(20-9-7-6-8-10-20)13-23(19(24)3)27(33)30-25(17-32)21-11-12-26(35-5)29-15-21/h6-15,18,25,32H,16-17H2,1-5H3,(H,30,33)/t25-/m1/s1.